The first kappa shape index (κ1) is 15.5. The number of rotatable bonds is 4. The summed E-state index contributed by atoms with van der Waals surface area (Å²) in [6.45, 7) is 5.07. The van der Waals surface area contributed by atoms with Crippen molar-refractivity contribution in [3.05, 3.63) is 29.8 Å². The Balaban J connectivity index is 1.82. The van der Waals surface area contributed by atoms with E-state index < -0.39 is 0 Å². The summed E-state index contributed by atoms with van der Waals surface area (Å²) >= 11 is 0. The van der Waals surface area contributed by atoms with Gasteiger partial charge in [-0.25, -0.2) is 0 Å². The molecule has 114 valence electrons. The van der Waals surface area contributed by atoms with Gasteiger partial charge in [0.05, 0.1) is 6.04 Å². The van der Waals surface area contributed by atoms with E-state index in [2.05, 4.69) is 22.9 Å². The van der Waals surface area contributed by atoms with Crippen LogP contribution in [0.1, 0.15) is 32.3 Å². The average molecular weight is 289 g/mol. The highest BCUT2D eigenvalue weighted by Crippen LogP contribution is 2.15. The van der Waals surface area contributed by atoms with E-state index in [0.29, 0.717) is 12.5 Å². The number of carbonyl (C=O) groups is 2. The summed E-state index contributed by atoms with van der Waals surface area (Å²) in [4.78, 5) is 23.0. The van der Waals surface area contributed by atoms with E-state index in [4.69, 9.17) is 0 Å². The van der Waals surface area contributed by atoms with E-state index >= 15 is 0 Å². The lowest BCUT2D eigenvalue weighted by molar-refractivity contribution is -0.124. The molecular weight excluding hydrogens is 266 g/mol. The number of amides is 2. The molecule has 0 bridgehead atoms. The molecule has 0 radical (unpaired) electrons. The quantitative estimate of drug-likeness (QED) is 0.789. The molecule has 1 fully saturated rings. The van der Waals surface area contributed by atoms with E-state index in [1.165, 1.54) is 6.92 Å². The lowest BCUT2D eigenvalue weighted by atomic mass is 9.94. The van der Waals surface area contributed by atoms with Crippen molar-refractivity contribution >= 4 is 17.5 Å². The molecule has 1 saturated heterocycles. The topological polar surface area (TPSA) is 70.2 Å². The van der Waals surface area contributed by atoms with Gasteiger partial charge in [0.2, 0.25) is 11.8 Å². The molecule has 1 heterocycles. The molecule has 21 heavy (non-hydrogen) atoms. The molecule has 0 spiro atoms. The molecule has 3 N–H and O–H groups in total. The maximum absolute atomic E-state index is 12.1. The third kappa shape index (κ3) is 4.86. The zero-order chi connectivity index (χ0) is 15.2. The molecule has 1 aromatic rings. The van der Waals surface area contributed by atoms with Crippen molar-refractivity contribution in [3.8, 4) is 0 Å². The Bertz CT molecular complexity index is 499. The Morgan fingerprint density at radius 2 is 2.00 bits per heavy atom. The summed E-state index contributed by atoms with van der Waals surface area (Å²) in [6, 6.07) is 7.41. The van der Waals surface area contributed by atoms with Crippen LogP contribution < -0.4 is 16.0 Å². The molecule has 1 aromatic carbocycles. The van der Waals surface area contributed by atoms with Crippen LogP contribution in [-0.4, -0.2) is 24.4 Å². The second-order valence-electron chi connectivity index (χ2n) is 5.73. The van der Waals surface area contributed by atoms with Crippen LogP contribution in [0.5, 0.6) is 0 Å². The van der Waals surface area contributed by atoms with E-state index in [9.17, 15) is 9.59 Å². The first-order chi connectivity index (χ1) is 10.0. The minimum Gasteiger partial charge on any atom is -0.351 e. The highest BCUT2D eigenvalue weighted by atomic mass is 16.2. The number of nitrogens with one attached hydrogen (secondary N) is 3. The smallest absolute Gasteiger partial charge is 0.237 e. The summed E-state index contributed by atoms with van der Waals surface area (Å²) in [6.07, 6.45) is 2.03. The minimum absolute atomic E-state index is 0.0625. The molecule has 0 aromatic heterocycles. The van der Waals surface area contributed by atoms with Crippen LogP contribution in [0.2, 0.25) is 0 Å². The molecule has 1 aliphatic rings. The van der Waals surface area contributed by atoms with Gasteiger partial charge in [0.1, 0.15) is 0 Å². The van der Waals surface area contributed by atoms with Crippen molar-refractivity contribution in [2.45, 2.75) is 39.3 Å². The van der Waals surface area contributed by atoms with Crippen LogP contribution in [0, 0.1) is 5.92 Å². The Hall–Kier alpha value is -1.88. The van der Waals surface area contributed by atoms with Crippen LogP contribution in [0.4, 0.5) is 5.69 Å². The van der Waals surface area contributed by atoms with Crippen molar-refractivity contribution < 1.29 is 9.59 Å². The maximum atomic E-state index is 12.1. The third-order valence-corrected chi connectivity index (χ3v) is 3.72. The summed E-state index contributed by atoms with van der Waals surface area (Å²) in [5.74, 6) is 0.569. The van der Waals surface area contributed by atoms with Gasteiger partial charge < -0.3 is 16.0 Å². The molecule has 1 aliphatic heterocycles. The predicted octanol–water partition coefficient (Wildman–Crippen LogP) is 1.65. The number of anilines is 1. The van der Waals surface area contributed by atoms with E-state index in [-0.39, 0.29) is 17.9 Å². The van der Waals surface area contributed by atoms with E-state index in [0.717, 1.165) is 30.6 Å². The highest BCUT2D eigenvalue weighted by molar-refractivity contribution is 5.88. The summed E-state index contributed by atoms with van der Waals surface area (Å²) in [7, 11) is 0. The molecule has 0 aliphatic carbocycles. The fourth-order valence-electron chi connectivity index (χ4n) is 2.53. The van der Waals surface area contributed by atoms with Crippen LogP contribution in [0.25, 0.3) is 0 Å². The normalized spacial score (nSPS) is 21.6. The number of carbonyl (C=O) groups excluding carboxylic acids is 2. The fourth-order valence-corrected chi connectivity index (χ4v) is 2.53. The summed E-state index contributed by atoms with van der Waals surface area (Å²) in [5.41, 5.74) is 1.78. The number of benzene rings is 1. The zero-order valence-corrected chi connectivity index (χ0v) is 12.6. The van der Waals surface area contributed by atoms with Crippen LogP contribution >= 0.6 is 0 Å². The second-order valence-corrected chi connectivity index (χ2v) is 5.73. The largest absolute Gasteiger partial charge is 0.351 e. The lowest BCUT2D eigenvalue weighted by Crippen LogP contribution is -2.48. The average Bonchev–Trinajstić information content (AvgIpc) is 2.45. The van der Waals surface area contributed by atoms with Gasteiger partial charge in [-0.15, -0.1) is 0 Å². The maximum Gasteiger partial charge on any atom is 0.237 e. The van der Waals surface area contributed by atoms with Gasteiger partial charge >= 0.3 is 0 Å². The molecule has 5 nitrogen and oxygen atoms in total. The second kappa shape index (κ2) is 7.22. The molecule has 2 unspecified atom stereocenters. The van der Waals surface area contributed by atoms with Crippen molar-refractivity contribution in [1.82, 2.24) is 10.6 Å². The van der Waals surface area contributed by atoms with Crippen LogP contribution in [-0.2, 0) is 16.1 Å². The van der Waals surface area contributed by atoms with Crippen molar-refractivity contribution in [1.29, 1.82) is 0 Å². The van der Waals surface area contributed by atoms with E-state index in [1.807, 2.05) is 24.3 Å². The first-order valence-corrected chi connectivity index (χ1v) is 7.42. The third-order valence-electron chi connectivity index (χ3n) is 3.72. The predicted molar refractivity (Wildman–Crippen MR) is 82.8 cm³/mol. The SMILES string of the molecule is CC(=O)Nc1ccc(CNC(=O)C2CC(C)CCN2)cc1. The molecular formula is C16H23N3O2. The standard InChI is InChI=1S/C16H23N3O2/c1-11-7-8-17-15(9-11)16(21)18-10-13-3-5-14(6-4-13)19-12(2)20/h3-6,11,15,17H,7-10H2,1-2H3,(H,18,21)(H,19,20). The van der Waals surface area contributed by atoms with Gasteiger partial charge in [0, 0.05) is 19.2 Å². The fraction of sp³-hybridized carbons (Fsp3) is 0.500. The van der Waals surface area contributed by atoms with Gasteiger partial charge in [-0.3, -0.25) is 9.59 Å². The summed E-state index contributed by atoms with van der Waals surface area (Å²) in [5, 5.41) is 8.93. The summed E-state index contributed by atoms with van der Waals surface area (Å²) < 4.78 is 0. The zero-order valence-electron chi connectivity index (χ0n) is 12.6. The van der Waals surface area contributed by atoms with E-state index in [1.54, 1.807) is 0 Å². The lowest BCUT2D eigenvalue weighted by Gasteiger charge is -2.27. The monoisotopic (exact) mass is 289 g/mol. The van der Waals surface area contributed by atoms with Crippen molar-refractivity contribution in [3.63, 3.8) is 0 Å². The molecule has 2 rings (SSSR count). The van der Waals surface area contributed by atoms with Gasteiger partial charge in [-0.05, 0) is 43.0 Å². The Labute approximate surface area is 125 Å². The van der Waals surface area contributed by atoms with Crippen molar-refractivity contribution in [2.75, 3.05) is 11.9 Å². The van der Waals surface area contributed by atoms with Crippen LogP contribution in [0.15, 0.2) is 24.3 Å². The highest BCUT2D eigenvalue weighted by Gasteiger charge is 2.23. The van der Waals surface area contributed by atoms with Crippen LogP contribution in [0.3, 0.4) is 0 Å². The number of piperidine rings is 1. The Morgan fingerprint density at radius 1 is 1.29 bits per heavy atom. The first-order valence-electron chi connectivity index (χ1n) is 7.42. The minimum atomic E-state index is -0.0893. The number of hydrogen-bond acceptors (Lipinski definition) is 3. The van der Waals surface area contributed by atoms with Gasteiger partial charge in [-0.2, -0.15) is 0 Å². The molecule has 2 atom stereocenters. The molecule has 5 heteroatoms. The Kier molecular flexibility index (Phi) is 5.33. The molecule has 2 amide bonds. The Morgan fingerprint density at radius 3 is 2.62 bits per heavy atom. The van der Waals surface area contributed by atoms with Gasteiger partial charge in [0.15, 0.2) is 0 Å². The van der Waals surface area contributed by atoms with Crippen molar-refractivity contribution in [2.24, 2.45) is 5.92 Å². The van der Waals surface area contributed by atoms with Gasteiger partial charge in [-0.1, -0.05) is 19.1 Å². The number of hydrogen-bond donors (Lipinski definition) is 3. The van der Waals surface area contributed by atoms with Gasteiger partial charge in [0.25, 0.3) is 0 Å². The molecule has 0 saturated carbocycles.